The molecule has 0 spiro atoms. The number of hydrogen-bond acceptors (Lipinski definition) is 1. The molecular weight excluding hydrogens is 499 g/mol. The summed E-state index contributed by atoms with van der Waals surface area (Å²) in [6.45, 7) is 20.6. The molecule has 0 saturated heterocycles. The van der Waals surface area contributed by atoms with Crippen molar-refractivity contribution in [2.24, 2.45) is 53.3 Å². The van der Waals surface area contributed by atoms with Gasteiger partial charge in [-0.05, 0) is 108 Å². The molecule has 9 atom stereocenters. The quantitative estimate of drug-likeness (QED) is 0.310. The first kappa shape index (κ1) is 32.0. The van der Waals surface area contributed by atoms with E-state index >= 15 is 0 Å². The van der Waals surface area contributed by atoms with E-state index in [9.17, 15) is 18.0 Å². The van der Waals surface area contributed by atoms with Crippen LogP contribution >= 0.6 is 0 Å². The van der Waals surface area contributed by atoms with Crippen LogP contribution in [0.3, 0.4) is 0 Å². The highest BCUT2D eigenvalue weighted by molar-refractivity contribution is 6.83. The molecule has 0 aliphatic heterocycles. The normalized spacial score (nSPS) is 38.9. The van der Waals surface area contributed by atoms with Crippen molar-refractivity contribution in [3.8, 4) is 0 Å². The minimum absolute atomic E-state index is 0.214. The molecule has 38 heavy (non-hydrogen) atoms. The highest BCUT2D eigenvalue weighted by Gasteiger charge is 2.63. The lowest BCUT2D eigenvalue weighted by atomic mass is 9.75. The fourth-order valence-corrected chi connectivity index (χ4v) is 18.5. The molecule has 3 saturated carbocycles. The predicted octanol–water partition coefficient (Wildman–Crippen LogP) is 10.00. The van der Waals surface area contributed by atoms with Crippen LogP contribution < -0.4 is 4.98 Å². The first-order valence-corrected chi connectivity index (χ1v) is 18.2. The van der Waals surface area contributed by atoms with Crippen LogP contribution in [-0.4, -0.2) is 20.3 Å². The zero-order valence-corrected chi connectivity index (χ0v) is 26.8. The van der Waals surface area contributed by atoms with Crippen LogP contribution in [0.2, 0.25) is 16.6 Å². The first-order valence-electron chi connectivity index (χ1n) is 16.0. The Morgan fingerprint density at radius 1 is 0.632 bits per heavy atom. The molecule has 1 amide bonds. The summed E-state index contributed by atoms with van der Waals surface area (Å²) in [5, 5.41) is 0. The van der Waals surface area contributed by atoms with Gasteiger partial charge in [-0.1, -0.05) is 81.6 Å². The molecule has 6 heteroatoms. The molecule has 1 N–H and O–H groups in total. The van der Waals surface area contributed by atoms with Gasteiger partial charge in [-0.3, -0.25) is 4.79 Å². The smallest absolute Gasteiger partial charge is 0.373 e. The number of halogens is 3. The van der Waals surface area contributed by atoms with Gasteiger partial charge in [0.2, 0.25) is 0 Å². The van der Waals surface area contributed by atoms with E-state index in [1.165, 1.54) is 0 Å². The van der Waals surface area contributed by atoms with Crippen LogP contribution in [0.4, 0.5) is 13.2 Å². The molecule has 0 bridgehead atoms. The van der Waals surface area contributed by atoms with Crippen molar-refractivity contribution in [2.45, 2.75) is 143 Å². The summed E-state index contributed by atoms with van der Waals surface area (Å²) in [6, 6.07) is 0. The maximum atomic E-state index is 14.3. The maximum absolute atomic E-state index is 14.3. The van der Waals surface area contributed by atoms with E-state index in [0.29, 0.717) is 53.3 Å². The van der Waals surface area contributed by atoms with Crippen molar-refractivity contribution in [2.75, 3.05) is 0 Å². The molecule has 0 heterocycles. The summed E-state index contributed by atoms with van der Waals surface area (Å²) < 4.78 is 42.9. The molecule has 3 fully saturated rings. The predicted molar refractivity (Wildman–Crippen MR) is 155 cm³/mol. The van der Waals surface area contributed by atoms with Gasteiger partial charge in [-0.25, -0.2) is 0 Å². The molecule has 3 aliphatic rings. The molecule has 0 aromatic carbocycles. The number of carbonyl (C=O) groups is 1. The number of carbonyl (C=O) groups excluding carboxylic acids is 1. The molecule has 0 aromatic rings. The molecule has 3 aliphatic carbocycles. The van der Waals surface area contributed by atoms with E-state index in [0.717, 1.165) is 57.8 Å². The fourth-order valence-electron chi connectivity index (χ4n) is 9.62. The van der Waals surface area contributed by atoms with Crippen LogP contribution in [0, 0.1) is 53.3 Å². The SMILES string of the molecule is CC1CCC(C(C)C)C([Si](NC(=O)C(F)(F)F)(C2CC(C)CCC2C(C)C)C2CC(C)CCC2C(C)C)C1. The Morgan fingerprint density at radius 2 is 0.921 bits per heavy atom. The van der Waals surface area contributed by atoms with Gasteiger partial charge in [0.1, 0.15) is 0 Å². The maximum Gasteiger partial charge on any atom is 0.470 e. The Balaban J connectivity index is 2.35. The van der Waals surface area contributed by atoms with Crippen LogP contribution in [0.25, 0.3) is 0 Å². The van der Waals surface area contributed by atoms with Gasteiger partial charge in [0, 0.05) is 0 Å². The van der Waals surface area contributed by atoms with Gasteiger partial charge in [-0.2, -0.15) is 13.2 Å². The summed E-state index contributed by atoms with van der Waals surface area (Å²) in [4.78, 5) is 16.5. The highest BCUT2D eigenvalue weighted by Crippen LogP contribution is 2.63. The number of amides is 1. The molecule has 0 aromatic heterocycles. The van der Waals surface area contributed by atoms with E-state index < -0.39 is 20.3 Å². The highest BCUT2D eigenvalue weighted by atomic mass is 28.3. The van der Waals surface area contributed by atoms with Crippen molar-refractivity contribution >= 4 is 14.1 Å². The van der Waals surface area contributed by atoms with Gasteiger partial charge in [0.05, 0.1) is 0 Å². The van der Waals surface area contributed by atoms with Crippen molar-refractivity contribution in [3.63, 3.8) is 0 Å². The zero-order valence-electron chi connectivity index (χ0n) is 25.8. The van der Waals surface area contributed by atoms with Crippen molar-refractivity contribution in [1.29, 1.82) is 0 Å². The standard InChI is InChI=1S/C32H58F3NOSi/c1-19(2)25-13-10-22(7)16-28(25)38(36-31(37)32(33,34)35,29-17-23(8)11-14-26(29)20(3)4)30-18-24(9)12-15-27(30)21(5)6/h19-30H,10-18H2,1-9H3,(H,36,37). The van der Waals surface area contributed by atoms with Gasteiger partial charge in [-0.15, -0.1) is 0 Å². The monoisotopic (exact) mass is 557 g/mol. The van der Waals surface area contributed by atoms with Gasteiger partial charge in [0.25, 0.3) is 0 Å². The van der Waals surface area contributed by atoms with Gasteiger partial charge in [0.15, 0.2) is 8.24 Å². The van der Waals surface area contributed by atoms with Crippen molar-refractivity contribution in [1.82, 2.24) is 4.98 Å². The van der Waals surface area contributed by atoms with E-state index in [1.54, 1.807) is 0 Å². The largest absolute Gasteiger partial charge is 0.470 e. The van der Waals surface area contributed by atoms with Crippen LogP contribution in [0.5, 0.6) is 0 Å². The Bertz CT molecular complexity index is 702. The summed E-state index contributed by atoms with van der Waals surface area (Å²) >= 11 is 0. The van der Waals surface area contributed by atoms with Crippen LogP contribution in [-0.2, 0) is 4.79 Å². The lowest BCUT2D eigenvalue weighted by molar-refractivity contribution is -0.172. The lowest BCUT2D eigenvalue weighted by Gasteiger charge is -2.61. The summed E-state index contributed by atoms with van der Waals surface area (Å²) in [6.07, 6.45) is 4.83. The number of nitrogens with one attached hydrogen (secondary N) is 1. The molecule has 222 valence electrons. The van der Waals surface area contributed by atoms with Gasteiger partial charge >= 0.3 is 12.1 Å². The molecule has 2 nitrogen and oxygen atoms in total. The van der Waals surface area contributed by atoms with Crippen LogP contribution in [0.1, 0.15) is 120 Å². The zero-order chi connectivity index (χ0) is 28.6. The van der Waals surface area contributed by atoms with E-state index in [-0.39, 0.29) is 16.6 Å². The number of rotatable bonds is 7. The third-order valence-corrected chi connectivity index (χ3v) is 17.8. The minimum atomic E-state index is -4.84. The van der Waals surface area contributed by atoms with Crippen molar-refractivity contribution < 1.29 is 18.0 Å². The lowest BCUT2D eigenvalue weighted by Crippen LogP contribution is -2.70. The van der Waals surface area contributed by atoms with Crippen molar-refractivity contribution in [3.05, 3.63) is 0 Å². The summed E-state index contributed by atoms with van der Waals surface area (Å²) in [5.41, 5.74) is 0.641. The molecule has 3 rings (SSSR count). The van der Waals surface area contributed by atoms with Gasteiger partial charge < -0.3 is 4.98 Å². The Hall–Kier alpha value is -0.523. The summed E-state index contributed by atoms with van der Waals surface area (Å²) in [7, 11) is -3.09. The van der Waals surface area contributed by atoms with E-state index in [2.05, 4.69) is 67.3 Å². The molecule has 9 unspecified atom stereocenters. The second-order valence-electron chi connectivity index (χ2n) is 15.2. The molecular formula is C32H58F3NOSi. The molecule has 0 radical (unpaired) electrons. The second kappa shape index (κ2) is 12.6. The Morgan fingerprint density at radius 3 is 1.16 bits per heavy atom. The average molecular weight is 558 g/mol. The Kier molecular flexibility index (Phi) is 10.6. The van der Waals surface area contributed by atoms with E-state index in [1.807, 2.05) is 0 Å². The topological polar surface area (TPSA) is 29.1 Å². The average Bonchev–Trinajstić information content (AvgIpc) is 2.81. The van der Waals surface area contributed by atoms with E-state index in [4.69, 9.17) is 0 Å². The van der Waals surface area contributed by atoms with Crippen LogP contribution in [0.15, 0.2) is 0 Å². The summed E-state index contributed by atoms with van der Waals surface area (Å²) in [5.74, 6) is 2.29. The third-order valence-electron chi connectivity index (χ3n) is 11.5. The fraction of sp³-hybridized carbons (Fsp3) is 0.969. The Labute approximate surface area is 233 Å². The third kappa shape index (κ3) is 6.68. The number of hydrogen-bond donors (Lipinski definition) is 1. The minimum Gasteiger partial charge on any atom is -0.373 e. The second-order valence-corrected chi connectivity index (χ2v) is 19.5. The first-order chi connectivity index (χ1) is 17.6. The number of alkyl halides is 3.